The standard InChI is InChI=1S/C9H17NO3/c1-7(10-5-6-11)9(3-4-9)8(12)13-2/h7,10-11H,3-6H2,1-2H3. The maximum absolute atomic E-state index is 11.4. The topological polar surface area (TPSA) is 58.6 Å². The number of rotatable bonds is 5. The van der Waals surface area contributed by atoms with Crippen molar-refractivity contribution >= 4 is 5.97 Å². The Hall–Kier alpha value is -0.610. The molecule has 0 aliphatic heterocycles. The van der Waals surface area contributed by atoms with Gasteiger partial charge in [0.15, 0.2) is 0 Å². The van der Waals surface area contributed by atoms with Gasteiger partial charge in [-0.05, 0) is 19.8 Å². The molecule has 0 heterocycles. The van der Waals surface area contributed by atoms with E-state index in [2.05, 4.69) is 5.32 Å². The first-order valence-corrected chi connectivity index (χ1v) is 4.60. The van der Waals surface area contributed by atoms with Crippen molar-refractivity contribution in [1.82, 2.24) is 5.32 Å². The summed E-state index contributed by atoms with van der Waals surface area (Å²) in [6.45, 7) is 2.58. The summed E-state index contributed by atoms with van der Waals surface area (Å²) in [5.74, 6) is -0.134. The summed E-state index contributed by atoms with van der Waals surface area (Å²) in [7, 11) is 1.42. The van der Waals surface area contributed by atoms with Crippen LogP contribution in [-0.2, 0) is 9.53 Å². The van der Waals surface area contributed by atoms with Gasteiger partial charge >= 0.3 is 5.97 Å². The maximum Gasteiger partial charge on any atom is 0.313 e. The first-order chi connectivity index (χ1) is 6.17. The number of nitrogens with one attached hydrogen (secondary N) is 1. The fraction of sp³-hybridized carbons (Fsp3) is 0.889. The molecule has 4 heteroatoms. The molecule has 0 spiro atoms. The highest BCUT2D eigenvalue weighted by molar-refractivity contribution is 5.80. The molecule has 0 aromatic carbocycles. The zero-order valence-electron chi connectivity index (χ0n) is 8.17. The van der Waals surface area contributed by atoms with Crippen LogP contribution in [0.3, 0.4) is 0 Å². The summed E-state index contributed by atoms with van der Waals surface area (Å²) >= 11 is 0. The normalized spacial score (nSPS) is 20.8. The molecule has 0 radical (unpaired) electrons. The molecule has 13 heavy (non-hydrogen) atoms. The van der Waals surface area contributed by atoms with Gasteiger partial charge in [-0.1, -0.05) is 0 Å². The van der Waals surface area contributed by atoms with E-state index in [0.29, 0.717) is 6.54 Å². The van der Waals surface area contributed by atoms with Crippen molar-refractivity contribution in [1.29, 1.82) is 0 Å². The van der Waals surface area contributed by atoms with Crippen molar-refractivity contribution in [3.8, 4) is 0 Å². The molecule has 1 atom stereocenters. The summed E-state index contributed by atoms with van der Waals surface area (Å²) in [5.41, 5.74) is -0.316. The van der Waals surface area contributed by atoms with Gasteiger partial charge in [0.2, 0.25) is 0 Å². The molecule has 0 saturated heterocycles. The number of methoxy groups -OCH3 is 1. The first kappa shape index (κ1) is 10.5. The van der Waals surface area contributed by atoms with Gasteiger partial charge in [-0.25, -0.2) is 0 Å². The lowest BCUT2D eigenvalue weighted by Crippen LogP contribution is -2.41. The van der Waals surface area contributed by atoms with Gasteiger partial charge in [0.1, 0.15) is 0 Å². The molecule has 0 amide bonds. The predicted octanol–water partition coefficient (Wildman–Crippen LogP) is -0.0900. The van der Waals surface area contributed by atoms with Gasteiger partial charge in [0, 0.05) is 12.6 Å². The summed E-state index contributed by atoms with van der Waals surface area (Å²) in [6, 6.07) is 0.0899. The highest BCUT2D eigenvalue weighted by atomic mass is 16.5. The number of aliphatic hydroxyl groups is 1. The average Bonchev–Trinajstić information content (AvgIpc) is 2.93. The zero-order chi connectivity index (χ0) is 9.90. The molecule has 0 bridgehead atoms. The van der Waals surface area contributed by atoms with Crippen LogP contribution in [0.25, 0.3) is 0 Å². The number of hydrogen-bond donors (Lipinski definition) is 2. The first-order valence-electron chi connectivity index (χ1n) is 4.60. The molecule has 1 fully saturated rings. The minimum Gasteiger partial charge on any atom is -0.469 e. The summed E-state index contributed by atoms with van der Waals surface area (Å²) in [6.07, 6.45) is 1.78. The zero-order valence-corrected chi connectivity index (χ0v) is 8.17. The van der Waals surface area contributed by atoms with Crippen molar-refractivity contribution in [2.24, 2.45) is 5.41 Å². The lowest BCUT2D eigenvalue weighted by atomic mass is 9.98. The smallest absolute Gasteiger partial charge is 0.313 e. The lowest BCUT2D eigenvalue weighted by molar-refractivity contribution is -0.148. The van der Waals surface area contributed by atoms with Gasteiger partial charge in [-0.2, -0.15) is 0 Å². The largest absolute Gasteiger partial charge is 0.469 e. The monoisotopic (exact) mass is 187 g/mol. The quantitative estimate of drug-likeness (QED) is 0.591. The molecule has 1 aliphatic carbocycles. The molecule has 1 rings (SSSR count). The van der Waals surface area contributed by atoms with Crippen LogP contribution in [0.1, 0.15) is 19.8 Å². The van der Waals surface area contributed by atoms with E-state index in [1.807, 2.05) is 6.92 Å². The molecule has 2 N–H and O–H groups in total. The van der Waals surface area contributed by atoms with Crippen molar-refractivity contribution in [3.05, 3.63) is 0 Å². The molecular formula is C9H17NO3. The number of aliphatic hydroxyl groups excluding tert-OH is 1. The van der Waals surface area contributed by atoms with E-state index in [0.717, 1.165) is 12.8 Å². The van der Waals surface area contributed by atoms with Crippen molar-refractivity contribution in [3.63, 3.8) is 0 Å². The van der Waals surface area contributed by atoms with E-state index >= 15 is 0 Å². The fourth-order valence-corrected chi connectivity index (χ4v) is 1.63. The average molecular weight is 187 g/mol. The molecule has 1 aliphatic rings. The second kappa shape index (κ2) is 4.07. The Labute approximate surface area is 78.3 Å². The Morgan fingerprint density at radius 1 is 1.69 bits per heavy atom. The van der Waals surface area contributed by atoms with E-state index in [1.54, 1.807) is 0 Å². The number of esters is 1. The minimum absolute atomic E-state index is 0.0899. The van der Waals surface area contributed by atoms with Crippen molar-refractivity contribution in [2.75, 3.05) is 20.3 Å². The van der Waals surface area contributed by atoms with Crippen LogP contribution in [0.2, 0.25) is 0 Å². The highest BCUT2D eigenvalue weighted by Gasteiger charge is 2.54. The molecule has 4 nitrogen and oxygen atoms in total. The van der Waals surface area contributed by atoms with Crippen molar-refractivity contribution in [2.45, 2.75) is 25.8 Å². The van der Waals surface area contributed by atoms with Crippen LogP contribution < -0.4 is 5.32 Å². The SMILES string of the molecule is COC(=O)C1(C(C)NCCO)CC1. The number of hydrogen-bond acceptors (Lipinski definition) is 4. The second-order valence-corrected chi connectivity index (χ2v) is 3.55. The molecule has 0 aromatic rings. The maximum atomic E-state index is 11.4. The molecular weight excluding hydrogens is 170 g/mol. The van der Waals surface area contributed by atoms with Gasteiger partial charge < -0.3 is 15.2 Å². The Morgan fingerprint density at radius 2 is 2.31 bits per heavy atom. The Morgan fingerprint density at radius 3 is 2.69 bits per heavy atom. The van der Waals surface area contributed by atoms with Crippen LogP contribution in [0, 0.1) is 5.41 Å². The van der Waals surface area contributed by atoms with E-state index in [-0.39, 0.29) is 24.0 Å². The van der Waals surface area contributed by atoms with E-state index in [9.17, 15) is 4.79 Å². The van der Waals surface area contributed by atoms with E-state index in [1.165, 1.54) is 7.11 Å². The number of carbonyl (C=O) groups is 1. The molecule has 1 unspecified atom stereocenters. The van der Waals surface area contributed by atoms with Crippen LogP contribution in [0.15, 0.2) is 0 Å². The Balaban J connectivity index is 2.44. The summed E-state index contributed by atoms with van der Waals surface area (Å²) in [4.78, 5) is 11.4. The number of carbonyl (C=O) groups excluding carboxylic acids is 1. The van der Waals surface area contributed by atoms with Crippen LogP contribution in [0.5, 0.6) is 0 Å². The predicted molar refractivity (Wildman–Crippen MR) is 48.2 cm³/mol. The van der Waals surface area contributed by atoms with E-state index < -0.39 is 0 Å². The minimum atomic E-state index is -0.316. The van der Waals surface area contributed by atoms with Crippen LogP contribution in [0.4, 0.5) is 0 Å². The molecule has 76 valence electrons. The third-order valence-electron chi connectivity index (χ3n) is 2.77. The second-order valence-electron chi connectivity index (χ2n) is 3.55. The highest BCUT2D eigenvalue weighted by Crippen LogP contribution is 2.49. The molecule has 1 saturated carbocycles. The number of ether oxygens (including phenoxy) is 1. The third-order valence-corrected chi connectivity index (χ3v) is 2.77. The Kier molecular flexibility index (Phi) is 3.27. The van der Waals surface area contributed by atoms with Crippen LogP contribution >= 0.6 is 0 Å². The van der Waals surface area contributed by atoms with E-state index in [4.69, 9.17) is 9.84 Å². The summed E-state index contributed by atoms with van der Waals surface area (Å²) in [5, 5.41) is 11.7. The summed E-state index contributed by atoms with van der Waals surface area (Å²) < 4.78 is 4.74. The van der Waals surface area contributed by atoms with Gasteiger partial charge in [0.05, 0.1) is 19.1 Å². The Bertz CT molecular complexity index is 189. The van der Waals surface area contributed by atoms with Gasteiger partial charge in [-0.15, -0.1) is 0 Å². The van der Waals surface area contributed by atoms with Crippen molar-refractivity contribution < 1.29 is 14.6 Å². The lowest BCUT2D eigenvalue weighted by Gasteiger charge is -2.21. The molecule has 0 aromatic heterocycles. The van der Waals surface area contributed by atoms with Gasteiger partial charge in [-0.3, -0.25) is 4.79 Å². The fourth-order valence-electron chi connectivity index (χ4n) is 1.63. The van der Waals surface area contributed by atoms with Gasteiger partial charge in [0.25, 0.3) is 0 Å². The third kappa shape index (κ3) is 2.00. The van der Waals surface area contributed by atoms with Crippen LogP contribution in [-0.4, -0.2) is 37.4 Å².